The molecule has 20 heavy (non-hydrogen) atoms. The summed E-state index contributed by atoms with van der Waals surface area (Å²) >= 11 is 6.03. The zero-order chi connectivity index (χ0) is 14.7. The van der Waals surface area contributed by atoms with Crippen LogP contribution in [-0.4, -0.2) is 32.6 Å². The molecule has 0 aliphatic carbocycles. The number of amides is 2. The quantitative estimate of drug-likeness (QED) is 0.881. The van der Waals surface area contributed by atoms with Crippen LogP contribution in [0.4, 0.5) is 5.69 Å². The third kappa shape index (κ3) is 2.96. The van der Waals surface area contributed by atoms with Gasteiger partial charge in [-0.15, -0.1) is 0 Å². The van der Waals surface area contributed by atoms with Crippen molar-refractivity contribution in [3.05, 3.63) is 17.2 Å². The Morgan fingerprint density at radius 3 is 2.60 bits per heavy atom. The Hall–Kier alpha value is -1.95. The maximum atomic E-state index is 12.1. The Balaban J connectivity index is 2.18. The number of rotatable bonds is 4. The summed E-state index contributed by atoms with van der Waals surface area (Å²) in [5.74, 6) is 0.150. The van der Waals surface area contributed by atoms with Crippen LogP contribution >= 0.6 is 11.6 Å². The van der Waals surface area contributed by atoms with Crippen molar-refractivity contribution in [1.29, 1.82) is 0 Å². The van der Waals surface area contributed by atoms with Gasteiger partial charge in [0.2, 0.25) is 11.8 Å². The standard InChI is InChI=1S/C13H15ClN2O4/c1-19-10-5-11(20-2)9(4-8(10)14)16-13(18)7-3-12(17)15-6-7/h4-5,7H,3,6H2,1-2H3,(H,15,17)(H,16,18)/t7-/m0/s1. The van der Waals surface area contributed by atoms with Gasteiger partial charge in [-0.2, -0.15) is 0 Å². The van der Waals surface area contributed by atoms with Gasteiger partial charge in [0.1, 0.15) is 11.5 Å². The first-order chi connectivity index (χ1) is 9.55. The molecule has 7 heteroatoms. The first-order valence-electron chi connectivity index (χ1n) is 6.04. The molecule has 1 fully saturated rings. The van der Waals surface area contributed by atoms with Crippen LogP contribution in [0.15, 0.2) is 12.1 Å². The maximum absolute atomic E-state index is 12.1. The second kappa shape index (κ2) is 6.00. The number of hydrogen-bond acceptors (Lipinski definition) is 4. The first-order valence-corrected chi connectivity index (χ1v) is 6.42. The Kier molecular flexibility index (Phi) is 4.34. The van der Waals surface area contributed by atoms with Crippen molar-refractivity contribution in [3.8, 4) is 11.5 Å². The van der Waals surface area contributed by atoms with E-state index in [0.717, 1.165) is 0 Å². The van der Waals surface area contributed by atoms with E-state index in [1.54, 1.807) is 12.1 Å². The van der Waals surface area contributed by atoms with E-state index in [1.165, 1.54) is 14.2 Å². The lowest BCUT2D eigenvalue weighted by Gasteiger charge is -2.14. The summed E-state index contributed by atoms with van der Waals surface area (Å²) in [4.78, 5) is 23.2. The summed E-state index contributed by atoms with van der Waals surface area (Å²) < 4.78 is 10.3. The van der Waals surface area contributed by atoms with Crippen molar-refractivity contribution in [2.75, 3.05) is 26.1 Å². The van der Waals surface area contributed by atoms with Gasteiger partial charge in [0.25, 0.3) is 0 Å². The van der Waals surface area contributed by atoms with Crippen LogP contribution in [0.25, 0.3) is 0 Å². The molecule has 108 valence electrons. The smallest absolute Gasteiger partial charge is 0.229 e. The zero-order valence-electron chi connectivity index (χ0n) is 11.2. The molecule has 2 N–H and O–H groups in total. The van der Waals surface area contributed by atoms with Gasteiger partial charge < -0.3 is 20.1 Å². The van der Waals surface area contributed by atoms with Gasteiger partial charge in [-0.25, -0.2) is 0 Å². The summed E-state index contributed by atoms with van der Waals surface area (Å²) in [6.45, 7) is 0.344. The van der Waals surface area contributed by atoms with Gasteiger partial charge in [0.05, 0.1) is 30.8 Å². The lowest BCUT2D eigenvalue weighted by Crippen LogP contribution is -2.24. The van der Waals surface area contributed by atoms with Crippen LogP contribution in [0.5, 0.6) is 11.5 Å². The van der Waals surface area contributed by atoms with E-state index in [0.29, 0.717) is 28.8 Å². The molecule has 1 aliphatic heterocycles. The van der Waals surface area contributed by atoms with Gasteiger partial charge in [-0.05, 0) is 6.07 Å². The maximum Gasteiger partial charge on any atom is 0.229 e. The number of hydrogen-bond donors (Lipinski definition) is 2. The molecule has 0 radical (unpaired) electrons. The SMILES string of the molecule is COc1cc(OC)c(NC(=O)[C@@H]2CNC(=O)C2)cc1Cl. The second-order valence-electron chi connectivity index (χ2n) is 4.38. The molecular formula is C13H15ClN2O4. The number of carbonyl (C=O) groups excluding carboxylic acids is 2. The Bertz CT molecular complexity index is 547. The molecule has 0 saturated carbocycles. The predicted octanol–water partition coefficient (Wildman–Crippen LogP) is 1.43. The molecule has 1 saturated heterocycles. The van der Waals surface area contributed by atoms with E-state index in [-0.39, 0.29) is 24.2 Å². The summed E-state index contributed by atoms with van der Waals surface area (Å²) in [7, 11) is 2.98. The molecular weight excluding hydrogens is 284 g/mol. The van der Waals surface area contributed by atoms with E-state index in [9.17, 15) is 9.59 Å². The van der Waals surface area contributed by atoms with Gasteiger partial charge in [0.15, 0.2) is 0 Å². The molecule has 1 atom stereocenters. The van der Waals surface area contributed by atoms with Crippen molar-refractivity contribution in [2.45, 2.75) is 6.42 Å². The van der Waals surface area contributed by atoms with Crippen LogP contribution < -0.4 is 20.1 Å². The van der Waals surface area contributed by atoms with Gasteiger partial charge in [-0.3, -0.25) is 9.59 Å². The number of methoxy groups -OCH3 is 2. The zero-order valence-corrected chi connectivity index (χ0v) is 11.9. The Morgan fingerprint density at radius 1 is 1.35 bits per heavy atom. The largest absolute Gasteiger partial charge is 0.495 e. The fourth-order valence-corrected chi connectivity index (χ4v) is 2.22. The third-order valence-electron chi connectivity index (χ3n) is 3.08. The lowest BCUT2D eigenvalue weighted by molar-refractivity contribution is -0.123. The average molecular weight is 299 g/mol. The lowest BCUT2D eigenvalue weighted by atomic mass is 10.1. The van der Waals surface area contributed by atoms with Crippen molar-refractivity contribution in [2.24, 2.45) is 5.92 Å². The van der Waals surface area contributed by atoms with Gasteiger partial charge in [-0.1, -0.05) is 11.6 Å². The van der Waals surface area contributed by atoms with Gasteiger partial charge >= 0.3 is 0 Å². The summed E-state index contributed by atoms with van der Waals surface area (Å²) in [5.41, 5.74) is 0.447. The highest BCUT2D eigenvalue weighted by atomic mass is 35.5. The summed E-state index contributed by atoms with van der Waals surface area (Å²) in [6, 6.07) is 3.15. The molecule has 1 aliphatic rings. The van der Waals surface area contributed by atoms with E-state index in [1.807, 2.05) is 0 Å². The molecule has 0 unspecified atom stereocenters. The molecule has 2 rings (SSSR count). The fraction of sp³-hybridized carbons (Fsp3) is 0.385. The highest BCUT2D eigenvalue weighted by Gasteiger charge is 2.28. The topological polar surface area (TPSA) is 76.7 Å². The van der Waals surface area contributed by atoms with Crippen LogP contribution in [0.3, 0.4) is 0 Å². The van der Waals surface area contributed by atoms with Crippen molar-refractivity contribution >= 4 is 29.1 Å². The minimum Gasteiger partial charge on any atom is -0.495 e. The first kappa shape index (κ1) is 14.5. The highest BCUT2D eigenvalue weighted by molar-refractivity contribution is 6.32. The molecule has 6 nitrogen and oxygen atoms in total. The molecule has 2 amide bonds. The summed E-state index contributed by atoms with van der Waals surface area (Å²) in [6.07, 6.45) is 0.192. The molecule has 1 aromatic rings. The number of ether oxygens (including phenoxy) is 2. The van der Waals surface area contributed by atoms with Crippen molar-refractivity contribution in [1.82, 2.24) is 5.32 Å². The molecule has 1 aromatic carbocycles. The van der Waals surface area contributed by atoms with E-state index < -0.39 is 0 Å². The minimum absolute atomic E-state index is 0.120. The van der Waals surface area contributed by atoms with Crippen molar-refractivity contribution < 1.29 is 19.1 Å². The number of halogens is 1. The van der Waals surface area contributed by atoms with Crippen LogP contribution in [0.2, 0.25) is 5.02 Å². The average Bonchev–Trinajstić information content (AvgIpc) is 2.86. The van der Waals surface area contributed by atoms with E-state index in [4.69, 9.17) is 21.1 Å². The molecule has 0 aromatic heterocycles. The van der Waals surface area contributed by atoms with Crippen molar-refractivity contribution in [3.63, 3.8) is 0 Å². The van der Waals surface area contributed by atoms with E-state index in [2.05, 4.69) is 10.6 Å². The molecule has 0 bridgehead atoms. The number of nitrogens with one attached hydrogen (secondary N) is 2. The molecule has 1 heterocycles. The minimum atomic E-state index is -0.381. The van der Waals surface area contributed by atoms with E-state index >= 15 is 0 Å². The third-order valence-corrected chi connectivity index (χ3v) is 3.38. The Labute approximate surface area is 121 Å². The number of carbonyl (C=O) groups is 2. The van der Waals surface area contributed by atoms with Crippen LogP contribution in [0.1, 0.15) is 6.42 Å². The Morgan fingerprint density at radius 2 is 2.05 bits per heavy atom. The molecule has 0 spiro atoms. The highest BCUT2D eigenvalue weighted by Crippen LogP contribution is 2.36. The fourth-order valence-electron chi connectivity index (χ4n) is 1.98. The van der Waals surface area contributed by atoms with Gasteiger partial charge in [0, 0.05) is 19.0 Å². The normalized spacial score (nSPS) is 17.6. The second-order valence-corrected chi connectivity index (χ2v) is 4.79. The predicted molar refractivity (Wildman–Crippen MR) is 74.3 cm³/mol. The number of anilines is 1. The van der Waals surface area contributed by atoms with Crippen LogP contribution in [-0.2, 0) is 9.59 Å². The van der Waals surface area contributed by atoms with Crippen LogP contribution in [0, 0.1) is 5.92 Å². The monoisotopic (exact) mass is 298 g/mol. The number of benzene rings is 1. The summed E-state index contributed by atoms with van der Waals surface area (Å²) in [5, 5.41) is 5.70.